The summed E-state index contributed by atoms with van der Waals surface area (Å²) in [4.78, 5) is 64.6. The van der Waals surface area contributed by atoms with E-state index in [1.54, 1.807) is 48.5 Å². The molecule has 2 spiro atoms. The first-order chi connectivity index (χ1) is 32.8. The third-order valence-corrected chi connectivity index (χ3v) is 13.0. The number of anilines is 4. The molecule has 6 N–H and O–H groups in total. The van der Waals surface area contributed by atoms with Crippen LogP contribution >= 0.6 is 23.2 Å². The normalized spacial score (nSPS) is 21.9. The molecule has 6 amide bonds. The van der Waals surface area contributed by atoms with E-state index < -0.39 is 34.8 Å². The van der Waals surface area contributed by atoms with Crippen molar-refractivity contribution in [3.05, 3.63) is 95.0 Å². The van der Waals surface area contributed by atoms with Crippen LogP contribution in [0.2, 0.25) is 10.0 Å². The van der Waals surface area contributed by atoms with Crippen LogP contribution in [0.4, 0.5) is 41.4 Å². The molecule has 2 aliphatic heterocycles. The highest BCUT2D eigenvalue weighted by Gasteiger charge is 2.49. The fraction of sp³-hybridized carbons (Fsp3) is 0.304. The van der Waals surface area contributed by atoms with Crippen LogP contribution in [0.5, 0.6) is 23.0 Å². The summed E-state index contributed by atoms with van der Waals surface area (Å²) >= 11 is 11.8. The van der Waals surface area contributed by atoms with Gasteiger partial charge in [0.2, 0.25) is 0 Å². The van der Waals surface area contributed by atoms with E-state index in [1.165, 1.54) is 39.0 Å². The van der Waals surface area contributed by atoms with Crippen LogP contribution in [0.15, 0.2) is 73.3 Å². The fourth-order valence-corrected chi connectivity index (χ4v) is 9.16. The number of imide groups is 2. The molecule has 10 rings (SSSR count). The van der Waals surface area contributed by atoms with Gasteiger partial charge in [-0.3, -0.25) is 20.2 Å². The number of amides is 6. The van der Waals surface area contributed by atoms with E-state index in [-0.39, 0.29) is 45.4 Å². The molecule has 22 heteroatoms. The van der Waals surface area contributed by atoms with Crippen molar-refractivity contribution in [2.45, 2.75) is 74.7 Å². The maximum absolute atomic E-state index is 14.4. The largest absolute Gasteiger partial charge is 0.493 e. The molecular weight excluding hydrogens is 929 g/mol. The second-order valence-corrected chi connectivity index (χ2v) is 17.4. The lowest BCUT2D eigenvalue weighted by Gasteiger charge is -2.34. The number of nitrogens with zero attached hydrogens (tertiary/aromatic N) is 4. The van der Waals surface area contributed by atoms with Gasteiger partial charge in [-0.25, -0.2) is 38.3 Å². The summed E-state index contributed by atoms with van der Waals surface area (Å²) in [5, 5.41) is 17.3. The number of halogens is 4. The number of benzene rings is 4. The van der Waals surface area contributed by atoms with E-state index in [4.69, 9.17) is 42.1 Å². The quantitative estimate of drug-likeness (QED) is 0.0713. The molecule has 0 unspecified atom stereocenters. The van der Waals surface area contributed by atoms with E-state index >= 15 is 0 Å². The van der Waals surface area contributed by atoms with Crippen molar-refractivity contribution >= 4 is 91.9 Å². The summed E-state index contributed by atoms with van der Waals surface area (Å²) in [5.74, 6) is 0.927. The Morgan fingerprint density at radius 3 is 1.34 bits per heavy atom. The number of hydrogen-bond acceptors (Lipinski definition) is 14. The van der Waals surface area contributed by atoms with Crippen LogP contribution in [0, 0.1) is 11.6 Å². The minimum atomic E-state index is -0.865. The van der Waals surface area contributed by atoms with Gasteiger partial charge in [0, 0.05) is 22.9 Å². The van der Waals surface area contributed by atoms with E-state index in [2.05, 4.69) is 51.8 Å². The van der Waals surface area contributed by atoms with Gasteiger partial charge >= 0.3 is 12.1 Å². The molecule has 0 radical (unpaired) electrons. The van der Waals surface area contributed by atoms with Crippen LogP contribution in [0.3, 0.4) is 0 Å². The van der Waals surface area contributed by atoms with Gasteiger partial charge in [-0.05, 0) is 87.8 Å². The van der Waals surface area contributed by atoms with Crippen molar-refractivity contribution in [1.82, 2.24) is 41.2 Å². The van der Waals surface area contributed by atoms with Crippen molar-refractivity contribution in [1.29, 1.82) is 0 Å². The van der Waals surface area contributed by atoms with Gasteiger partial charge in [-0.2, -0.15) is 0 Å². The first kappa shape index (κ1) is 45.8. The van der Waals surface area contributed by atoms with Crippen LogP contribution in [-0.4, -0.2) is 81.3 Å². The highest BCUT2D eigenvalue weighted by molar-refractivity contribution is 6.31. The summed E-state index contributed by atoms with van der Waals surface area (Å²) in [6, 6.07) is 15.3. The minimum Gasteiger partial charge on any atom is -0.493 e. The van der Waals surface area contributed by atoms with Gasteiger partial charge in [0.1, 0.15) is 35.4 Å². The maximum atomic E-state index is 14.4. The zero-order chi connectivity index (χ0) is 47.7. The molecule has 2 saturated heterocycles. The zero-order valence-corrected chi connectivity index (χ0v) is 37.8. The molecular formula is C46H42Cl2F2N10O8. The van der Waals surface area contributed by atoms with Crippen molar-refractivity contribution in [2.75, 3.05) is 24.9 Å². The lowest BCUT2D eigenvalue weighted by atomic mass is 9.80. The average molecular weight is 972 g/mol. The summed E-state index contributed by atoms with van der Waals surface area (Å²) in [5.41, 5.74) is -0.207. The number of nitrogens with one attached hydrogen (secondary N) is 6. The Balaban J connectivity index is 0.000000170. The second-order valence-electron chi connectivity index (χ2n) is 16.6. The smallest absolute Gasteiger partial charge is 0.322 e. The molecule has 4 aromatic carbocycles. The highest BCUT2D eigenvalue weighted by atomic mass is 35.5. The highest BCUT2D eigenvalue weighted by Crippen LogP contribution is 2.41. The number of methoxy groups -OCH3 is 2. The average Bonchev–Trinajstić information content (AvgIpc) is 3.77. The van der Waals surface area contributed by atoms with Gasteiger partial charge in [0.05, 0.1) is 58.9 Å². The van der Waals surface area contributed by atoms with Gasteiger partial charge in [-0.15, -0.1) is 0 Å². The number of carbonyl (C=O) groups excluding carboxylic acids is 4. The summed E-state index contributed by atoms with van der Waals surface area (Å²) in [7, 11) is 3.06. The predicted molar refractivity (Wildman–Crippen MR) is 246 cm³/mol. The maximum Gasteiger partial charge on any atom is 0.322 e. The van der Waals surface area contributed by atoms with E-state index in [1.807, 2.05) is 0 Å². The van der Waals surface area contributed by atoms with Crippen LogP contribution in [-0.2, 0) is 9.59 Å². The topological polar surface area (TPSA) is 229 Å². The third-order valence-electron chi connectivity index (χ3n) is 12.4. The number of urea groups is 2. The van der Waals surface area contributed by atoms with Crippen LogP contribution in [0.25, 0.3) is 21.8 Å². The predicted octanol–water partition coefficient (Wildman–Crippen LogP) is 8.15. The molecule has 4 fully saturated rings. The summed E-state index contributed by atoms with van der Waals surface area (Å²) in [6.07, 6.45) is 6.51. The van der Waals surface area contributed by atoms with E-state index in [9.17, 15) is 28.0 Å². The molecule has 0 bridgehead atoms. The minimum absolute atomic E-state index is 0.00347. The zero-order valence-electron chi connectivity index (χ0n) is 36.3. The van der Waals surface area contributed by atoms with Crippen molar-refractivity contribution in [3.63, 3.8) is 0 Å². The number of rotatable bonds is 10. The summed E-state index contributed by atoms with van der Waals surface area (Å²) < 4.78 is 52.4. The first-order valence-corrected chi connectivity index (χ1v) is 22.2. The monoisotopic (exact) mass is 970 g/mol. The lowest BCUT2D eigenvalue weighted by Crippen LogP contribution is -2.50. The Labute approximate surface area is 396 Å². The fourth-order valence-electron chi connectivity index (χ4n) is 8.81. The van der Waals surface area contributed by atoms with E-state index in [0.29, 0.717) is 108 Å². The van der Waals surface area contributed by atoms with Crippen LogP contribution < -0.4 is 50.8 Å². The molecule has 352 valence electrons. The Hall–Kier alpha value is -7.32. The van der Waals surface area contributed by atoms with Gasteiger partial charge in [-0.1, -0.05) is 35.3 Å². The van der Waals surface area contributed by atoms with Gasteiger partial charge in [0.25, 0.3) is 11.8 Å². The molecule has 6 aromatic rings. The first-order valence-electron chi connectivity index (χ1n) is 21.4. The van der Waals surface area contributed by atoms with Crippen molar-refractivity contribution in [3.8, 4) is 23.0 Å². The molecule has 18 nitrogen and oxygen atoms in total. The molecule has 4 heterocycles. The molecule has 2 aromatic heterocycles. The number of aromatic nitrogens is 4. The standard InChI is InChI=1S/2C23H21ClFN5O4/c2*1-33-17-10-16-13(20(27-11-26-16)28-15-4-2-3-14(24)19(15)25)9-18(17)34-12-5-7-23(8-6-12)21(31)29-22(32)30-23/h2*2-4,9-12H,5-8H2,1H3,(H,26,27,28)(H2,29,30,31,32). The molecule has 68 heavy (non-hydrogen) atoms. The van der Waals surface area contributed by atoms with Gasteiger partial charge in [0.15, 0.2) is 34.6 Å². The molecule has 2 aliphatic carbocycles. The number of hydrogen-bond donors (Lipinski definition) is 6. The molecule has 2 saturated carbocycles. The molecule has 0 atom stereocenters. The second kappa shape index (κ2) is 18.8. The molecule has 4 aliphatic rings. The SMILES string of the molecule is COc1cc2ncnc(Nc3cccc(Cl)c3F)c2cc1OC1CCC2(CC1)NC(=O)NC2=O.COc1cc2ncnc(Nc3cccc(Cl)c3F)c2cc1OC1CCC2(CC1)NC(=O)NC2=O. The lowest BCUT2D eigenvalue weighted by molar-refractivity contribution is -0.126. The summed E-state index contributed by atoms with van der Waals surface area (Å²) in [6.45, 7) is 0. The van der Waals surface area contributed by atoms with Crippen molar-refractivity contribution < 1.29 is 46.9 Å². The Morgan fingerprint density at radius 2 is 0.985 bits per heavy atom. The van der Waals surface area contributed by atoms with Gasteiger partial charge < -0.3 is 40.2 Å². The Kier molecular flexibility index (Phi) is 12.6. The van der Waals surface area contributed by atoms with Crippen molar-refractivity contribution in [2.24, 2.45) is 0 Å². The van der Waals surface area contributed by atoms with Crippen LogP contribution in [0.1, 0.15) is 51.4 Å². The number of carbonyl (C=O) groups is 4. The van der Waals surface area contributed by atoms with E-state index in [0.717, 1.165) is 0 Å². The number of ether oxygens (including phenoxy) is 4. The number of fused-ring (bicyclic) bond motifs is 2. The Bertz CT molecular complexity index is 2790. The Morgan fingerprint density at radius 1 is 0.588 bits per heavy atom. The third kappa shape index (κ3) is 9.07.